The predicted molar refractivity (Wildman–Crippen MR) is 120 cm³/mol. The van der Waals surface area contributed by atoms with Crippen molar-refractivity contribution in [3.63, 3.8) is 0 Å². The maximum Gasteiger partial charge on any atom is 0.470 e. The zero-order valence-corrected chi connectivity index (χ0v) is 19.1. The second kappa shape index (κ2) is 8.61. The molecule has 1 saturated heterocycles. The van der Waals surface area contributed by atoms with E-state index in [2.05, 4.69) is 27.0 Å². The molecule has 0 spiro atoms. The number of carbonyl (C=O) groups is 1. The fraction of sp³-hybridized carbons (Fsp3) is 0.286. The first-order chi connectivity index (χ1) is 16.6. The monoisotopic (exact) mass is 502 g/mol. The second-order valence-electron chi connectivity index (χ2n) is 8.30. The fourth-order valence-electron chi connectivity index (χ4n) is 3.97. The van der Waals surface area contributed by atoms with Crippen molar-refractivity contribution in [3.8, 4) is 22.6 Å². The molecule has 1 aliphatic heterocycles. The summed E-state index contributed by atoms with van der Waals surface area (Å²) in [6, 6.07) is 7.66. The number of rotatable bonds is 8. The van der Waals surface area contributed by atoms with Crippen molar-refractivity contribution in [1.82, 2.24) is 25.2 Å². The number of aromatic nitrogens is 5. The topological polar surface area (TPSA) is 153 Å². The van der Waals surface area contributed by atoms with Gasteiger partial charge in [0.25, 0.3) is 0 Å². The molecule has 0 radical (unpaired) electrons. The van der Waals surface area contributed by atoms with E-state index < -0.39 is 31.4 Å². The minimum absolute atomic E-state index is 0.110. The Morgan fingerprint density at radius 1 is 1.31 bits per heavy atom. The maximum absolute atomic E-state index is 15.0. The lowest BCUT2D eigenvalue weighted by Crippen LogP contribution is -2.27. The number of carbonyl (C=O) groups excluding carboxylic acids is 1. The molecule has 2 aliphatic rings. The van der Waals surface area contributed by atoms with Crippen LogP contribution in [0.3, 0.4) is 0 Å². The molecule has 12 nitrogen and oxygen atoms in total. The van der Waals surface area contributed by atoms with Crippen LogP contribution in [0, 0.1) is 5.82 Å². The number of anilines is 1. The Labute approximate surface area is 198 Å². The number of hydrogen-bond donors (Lipinski definition) is 2. The number of pyridine rings is 1. The van der Waals surface area contributed by atoms with E-state index in [1.165, 1.54) is 34.2 Å². The number of ether oxygens (including phenoxy) is 1. The average Bonchev–Trinajstić information content (AvgIpc) is 3.20. The molecule has 2 fully saturated rings. The van der Waals surface area contributed by atoms with Gasteiger partial charge >= 0.3 is 13.9 Å². The molecule has 1 aliphatic carbocycles. The van der Waals surface area contributed by atoms with Crippen LogP contribution in [-0.4, -0.2) is 59.3 Å². The van der Waals surface area contributed by atoms with Gasteiger partial charge in [-0.05, 0) is 42.3 Å². The molecule has 182 valence electrons. The van der Waals surface area contributed by atoms with E-state index in [9.17, 15) is 13.8 Å². The van der Waals surface area contributed by atoms with Crippen LogP contribution in [0.15, 0.2) is 43.1 Å². The van der Waals surface area contributed by atoms with E-state index in [4.69, 9.17) is 19.0 Å². The minimum Gasteiger partial charge on any atom is -0.444 e. The van der Waals surface area contributed by atoms with Crippen molar-refractivity contribution in [2.24, 2.45) is 0 Å². The molecule has 2 N–H and O–H groups in total. The van der Waals surface area contributed by atoms with Gasteiger partial charge in [0.2, 0.25) is 5.82 Å². The van der Waals surface area contributed by atoms with Crippen LogP contribution < -0.4 is 4.90 Å². The first-order valence-electron chi connectivity index (χ1n) is 10.6. The summed E-state index contributed by atoms with van der Waals surface area (Å²) in [6.45, 7) is 3.66. The molecule has 1 atom stereocenters. The molecular formula is C21H20FN6O6P. The number of halogens is 1. The van der Waals surface area contributed by atoms with Crippen LogP contribution in [0.25, 0.3) is 28.8 Å². The number of phosphoric acid groups is 1. The first kappa shape index (κ1) is 23.2. The number of cyclic esters (lactones) is 1. The van der Waals surface area contributed by atoms with Crippen molar-refractivity contribution in [2.45, 2.75) is 31.0 Å². The third kappa shape index (κ3) is 4.98. The molecule has 35 heavy (non-hydrogen) atoms. The van der Waals surface area contributed by atoms with E-state index in [-0.39, 0.29) is 18.5 Å². The normalized spacial score (nSPS) is 19.0. The summed E-state index contributed by atoms with van der Waals surface area (Å²) in [5.74, 6) is -0.263. The zero-order valence-electron chi connectivity index (χ0n) is 18.2. The van der Waals surface area contributed by atoms with Gasteiger partial charge in [-0.2, -0.15) is 0 Å². The molecular weight excluding hydrogens is 482 g/mol. The molecule has 0 bridgehead atoms. The van der Waals surface area contributed by atoms with Gasteiger partial charge in [0.1, 0.15) is 17.6 Å². The first-order valence-corrected chi connectivity index (χ1v) is 12.1. The maximum atomic E-state index is 15.0. The summed E-state index contributed by atoms with van der Waals surface area (Å²) >= 11 is 0. The van der Waals surface area contributed by atoms with E-state index in [0.717, 1.165) is 0 Å². The molecule has 1 saturated carbocycles. The fourth-order valence-corrected chi connectivity index (χ4v) is 4.74. The molecule has 3 aromatic rings. The van der Waals surface area contributed by atoms with Gasteiger partial charge in [-0.3, -0.25) is 14.4 Å². The lowest BCUT2D eigenvalue weighted by atomic mass is 10.1. The third-order valence-corrected chi connectivity index (χ3v) is 6.38. The van der Waals surface area contributed by atoms with Crippen molar-refractivity contribution in [2.75, 3.05) is 11.4 Å². The Hall–Kier alpha value is -3.51. The van der Waals surface area contributed by atoms with Gasteiger partial charge in [-0.15, -0.1) is 15.0 Å². The number of amides is 1. The summed E-state index contributed by atoms with van der Waals surface area (Å²) in [4.78, 5) is 37.3. The summed E-state index contributed by atoms with van der Waals surface area (Å²) in [5.41, 5.74) is 0.562. The number of nitrogens with zero attached hydrogens (tertiary/aromatic N) is 6. The van der Waals surface area contributed by atoms with Crippen LogP contribution in [-0.2, 0) is 13.8 Å². The van der Waals surface area contributed by atoms with Crippen LogP contribution in [0.2, 0.25) is 0 Å². The van der Waals surface area contributed by atoms with Crippen LogP contribution in [0.5, 0.6) is 0 Å². The number of hydrogen-bond acceptors (Lipinski definition) is 8. The van der Waals surface area contributed by atoms with E-state index in [0.29, 0.717) is 35.6 Å². The van der Waals surface area contributed by atoms with Gasteiger partial charge < -0.3 is 14.5 Å². The van der Waals surface area contributed by atoms with Gasteiger partial charge in [0, 0.05) is 29.9 Å². The van der Waals surface area contributed by atoms with E-state index in [1.54, 1.807) is 18.2 Å². The van der Waals surface area contributed by atoms with Gasteiger partial charge in [-0.25, -0.2) is 13.8 Å². The molecule has 5 rings (SSSR count). The Bertz CT molecular complexity index is 1340. The van der Waals surface area contributed by atoms with Gasteiger partial charge in [-0.1, -0.05) is 12.6 Å². The van der Waals surface area contributed by atoms with E-state index in [1.807, 2.05) is 0 Å². The molecule has 3 heterocycles. The highest BCUT2D eigenvalue weighted by molar-refractivity contribution is 7.46. The van der Waals surface area contributed by atoms with Crippen molar-refractivity contribution in [1.29, 1.82) is 0 Å². The Morgan fingerprint density at radius 2 is 2.11 bits per heavy atom. The summed E-state index contributed by atoms with van der Waals surface area (Å²) < 4.78 is 36.4. The predicted octanol–water partition coefficient (Wildman–Crippen LogP) is 3.00. The summed E-state index contributed by atoms with van der Waals surface area (Å²) in [6.07, 6.45) is 2.65. The number of tetrazole rings is 1. The molecule has 14 heteroatoms. The summed E-state index contributed by atoms with van der Waals surface area (Å²) in [5, 5.41) is 11.7. The molecule has 1 amide bonds. The van der Waals surface area contributed by atoms with Crippen molar-refractivity contribution in [3.05, 3.63) is 48.9 Å². The summed E-state index contributed by atoms with van der Waals surface area (Å²) in [7, 11) is -4.66. The zero-order chi connectivity index (χ0) is 24.8. The van der Waals surface area contributed by atoms with Crippen molar-refractivity contribution >= 4 is 25.8 Å². The highest BCUT2D eigenvalue weighted by Gasteiger charge is 2.52. The third-order valence-electron chi connectivity index (χ3n) is 5.75. The number of benzene rings is 1. The quantitative estimate of drug-likeness (QED) is 0.440. The molecule has 1 aromatic carbocycles. The SMILES string of the molecule is C=Cn1nnc(-c2ccc(-c3ccc(N4C[C@H](CC5(OP(=O)(O)O)CC5)OC4=O)cc3F)cn2)n1. The Kier molecular flexibility index (Phi) is 5.72. The highest BCUT2D eigenvalue weighted by atomic mass is 31.2. The van der Waals surface area contributed by atoms with Crippen LogP contribution in [0.1, 0.15) is 19.3 Å². The van der Waals surface area contributed by atoms with Gasteiger partial charge in [0.15, 0.2) is 0 Å². The smallest absolute Gasteiger partial charge is 0.444 e. The van der Waals surface area contributed by atoms with Crippen LogP contribution >= 0.6 is 7.82 Å². The highest BCUT2D eigenvalue weighted by Crippen LogP contribution is 2.55. The molecule has 0 unspecified atom stereocenters. The van der Waals surface area contributed by atoms with Gasteiger partial charge in [0.05, 0.1) is 17.8 Å². The van der Waals surface area contributed by atoms with Crippen molar-refractivity contribution < 1.29 is 32.8 Å². The Morgan fingerprint density at radius 3 is 2.71 bits per heavy atom. The standard InChI is InChI=1S/C21H20FN6O6P/c1-2-28-25-19(24-26-28)18-6-3-13(11-23-18)16-5-4-14(9-17(16)22)27-12-15(33-20(27)29)10-21(7-8-21)34-35(30,31)32/h2-6,9,11,15H,1,7-8,10,12H2,(H2,30,31,32)/t15-/m0/s1. The van der Waals surface area contributed by atoms with E-state index >= 15 is 0 Å². The minimum atomic E-state index is -4.66. The largest absolute Gasteiger partial charge is 0.470 e. The lowest BCUT2D eigenvalue weighted by Gasteiger charge is -2.19. The second-order valence-corrected chi connectivity index (χ2v) is 9.46. The lowest BCUT2D eigenvalue weighted by molar-refractivity contribution is 0.0629. The molecule has 2 aromatic heterocycles. The Balaban J connectivity index is 1.29. The average molecular weight is 502 g/mol. The number of phosphoric ester groups is 1. The van der Waals surface area contributed by atoms with Crippen LogP contribution in [0.4, 0.5) is 14.9 Å².